The molecule has 1 aliphatic heterocycles. The van der Waals surface area contributed by atoms with E-state index in [1.54, 1.807) is 24.4 Å². The molecule has 3 atom stereocenters. The molecule has 1 saturated heterocycles. The van der Waals surface area contributed by atoms with Gasteiger partial charge in [0.2, 0.25) is 0 Å². The van der Waals surface area contributed by atoms with Gasteiger partial charge in [-0.25, -0.2) is 0 Å². The number of aliphatic hydroxyl groups is 1. The standard InChI is InChI=1S/C40H42Cl2N4O6/c1-40(24-47,39(48)49)45-20-28-15-33(41)37(16-36(28)51-23-27-14-26(17-43)18-44-19-27)52-34-12-11-30-29(7-3-8-31(30)34)32-9-4-10-35(38(32)42)50-22-25-6-5-13-46(2)21-25/h3-4,7-10,14-16,18-19,25,34,45,47H,5-6,11-13,20-24H2,1-2H3,(H,48,49)/t25-,34+,40?/m0/s1. The van der Waals surface area contributed by atoms with Crippen LogP contribution in [0.15, 0.2) is 67.0 Å². The van der Waals surface area contributed by atoms with E-state index in [9.17, 15) is 20.3 Å². The van der Waals surface area contributed by atoms with Crippen molar-refractivity contribution in [3.8, 4) is 34.4 Å². The second-order valence-corrected chi connectivity index (χ2v) is 14.5. The molecule has 4 aromatic rings. The molecular formula is C40H42Cl2N4O6. The number of nitriles is 1. The monoisotopic (exact) mass is 744 g/mol. The van der Waals surface area contributed by atoms with E-state index in [1.165, 1.54) is 19.5 Å². The molecule has 1 fully saturated rings. The Kier molecular flexibility index (Phi) is 11.9. The van der Waals surface area contributed by atoms with Crippen molar-refractivity contribution in [3.63, 3.8) is 0 Å². The molecule has 0 saturated carbocycles. The smallest absolute Gasteiger partial charge is 0.326 e. The summed E-state index contributed by atoms with van der Waals surface area (Å²) in [6, 6.07) is 19.2. The maximum absolute atomic E-state index is 11.8. The van der Waals surface area contributed by atoms with Crippen molar-refractivity contribution in [2.45, 2.75) is 57.4 Å². The average Bonchev–Trinajstić information content (AvgIpc) is 3.56. The number of benzene rings is 3. The van der Waals surface area contributed by atoms with E-state index in [1.807, 2.05) is 24.3 Å². The van der Waals surface area contributed by atoms with Gasteiger partial charge < -0.3 is 29.3 Å². The summed E-state index contributed by atoms with van der Waals surface area (Å²) in [5.74, 6) is 0.753. The Morgan fingerprint density at radius 1 is 1.08 bits per heavy atom. The second-order valence-electron chi connectivity index (χ2n) is 13.7. The molecule has 1 aromatic heterocycles. The Balaban J connectivity index is 1.24. The number of halogens is 2. The Labute approximate surface area is 313 Å². The van der Waals surface area contributed by atoms with Gasteiger partial charge in [0, 0.05) is 54.2 Å². The summed E-state index contributed by atoms with van der Waals surface area (Å²) in [5.41, 5.74) is 4.18. The number of aromatic nitrogens is 1. The van der Waals surface area contributed by atoms with Gasteiger partial charge in [0.1, 0.15) is 41.6 Å². The number of carboxylic acid groups (broad SMARTS) is 1. The van der Waals surface area contributed by atoms with Gasteiger partial charge in [-0.1, -0.05) is 53.5 Å². The maximum Gasteiger partial charge on any atom is 0.326 e. The first-order valence-electron chi connectivity index (χ1n) is 17.4. The highest BCUT2D eigenvalue weighted by Gasteiger charge is 2.33. The molecule has 0 radical (unpaired) electrons. The summed E-state index contributed by atoms with van der Waals surface area (Å²) in [5, 5.41) is 32.6. The number of carboxylic acids is 1. The highest BCUT2D eigenvalue weighted by molar-refractivity contribution is 6.35. The Hall–Kier alpha value is -4.37. The van der Waals surface area contributed by atoms with Crippen LogP contribution < -0.4 is 19.5 Å². The Bertz CT molecular complexity index is 1970. The summed E-state index contributed by atoms with van der Waals surface area (Å²) in [4.78, 5) is 18.3. The maximum atomic E-state index is 11.8. The number of nitrogens with one attached hydrogen (secondary N) is 1. The van der Waals surface area contributed by atoms with Crippen LogP contribution in [0.3, 0.4) is 0 Å². The molecular weight excluding hydrogens is 703 g/mol. The number of ether oxygens (including phenoxy) is 3. The summed E-state index contributed by atoms with van der Waals surface area (Å²) in [6.45, 7) is 3.66. The molecule has 52 heavy (non-hydrogen) atoms. The van der Waals surface area contributed by atoms with E-state index in [0.717, 1.165) is 48.2 Å². The third-order valence-corrected chi connectivity index (χ3v) is 10.5. The summed E-state index contributed by atoms with van der Waals surface area (Å²) in [7, 11) is 2.15. The number of carbonyl (C=O) groups is 1. The zero-order valence-corrected chi connectivity index (χ0v) is 30.7. The molecule has 0 spiro atoms. The lowest BCUT2D eigenvalue weighted by Crippen LogP contribution is -2.52. The lowest BCUT2D eigenvalue weighted by atomic mass is 9.96. The highest BCUT2D eigenvalue weighted by atomic mass is 35.5. The van der Waals surface area contributed by atoms with Crippen LogP contribution in [-0.4, -0.2) is 65.0 Å². The quantitative estimate of drug-likeness (QED) is 0.121. The van der Waals surface area contributed by atoms with Crippen LogP contribution in [0.4, 0.5) is 0 Å². The number of aliphatic hydroxyl groups excluding tert-OH is 1. The minimum absolute atomic E-state index is 0.0338. The summed E-state index contributed by atoms with van der Waals surface area (Å²) in [6.07, 6.45) is 6.58. The van der Waals surface area contributed by atoms with Crippen molar-refractivity contribution >= 4 is 29.2 Å². The fraction of sp³-hybridized carbons (Fsp3) is 0.375. The predicted molar refractivity (Wildman–Crippen MR) is 199 cm³/mol. The minimum Gasteiger partial charge on any atom is -0.492 e. The Morgan fingerprint density at radius 3 is 2.65 bits per heavy atom. The highest BCUT2D eigenvalue weighted by Crippen LogP contribution is 2.45. The van der Waals surface area contributed by atoms with Crippen molar-refractivity contribution < 1.29 is 29.2 Å². The van der Waals surface area contributed by atoms with Crippen LogP contribution in [0.5, 0.6) is 17.2 Å². The molecule has 0 bridgehead atoms. The van der Waals surface area contributed by atoms with Crippen LogP contribution in [0.25, 0.3) is 11.1 Å². The first-order chi connectivity index (χ1) is 25.1. The summed E-state index contributed by atoms with van der Waals surface area (Å²) < 4.78 is 19.1. The molecule has 1 unspecified atom stereocenters. The zero-order chi connectivity index (χ0) is 36.8. The van der Waals surface area contributed by atoms with Gasteiger partial charge in [0.15, 0.2) is 0 Å². The molecule has 3 aromatic carbocycles. The number of pyridine rings is 1. The van der Waals surface area contributed by atoms with E-state index in [4.69, 9.17) is 37.4 Å². The van der Waals surface area contributed by atoms with Gasteiger partial charge >= 0.3 is 5.97 Å². The molecule has 6 rings (SSSR count). The van der Waals surface area contributed by atoms with E-state index >= 15 is 0 Å². The molecule has 2 heterocycles. The Morgan fingerprint density at radius 2 is 1.88 bits per heavy atom. The van der Waals surface area contributed by atoms with Gasteiger partial charge in [-0.05, 0) is 81.1 Å². The number of nitrogens with zero attached hydrogens (tertiary/aromatic N) is 3. The number of fused-ring (bicyclic) bond motifs is 1. The van der Waals surface area contributed by atoms with E-state index < -0.39 is 18.1 Å². The van der Waals surface area contributed by atoms with Gasteiger partial charge in [0.25, 0.3) is 0 Å². The molecule has 1 aliphatic carbocycles. The normalized spacial score (nSPS) is 18.2. The lowest BCUT2D eigenvalue weighted by Gasteiger charge is -2.29. The molecule has 0 amide bonds. The molecule has 12 heteroatoms. The molecule has 2 aliphatic rings. The van der Waals surface area contributed by atoms with Gasteiger partial charge in [0.05, 0.1) is 28.8 Å². The number of hydrogen-bond acceptors (Lipinski definition) is 9. The van der Waals surface area contributed by atoms with Crippen LogP contribution in [0.1, 0.15) is 60.1 Å². The van der Waals surface area contributed by atoms with Crippen molar-refractivity contribution in [2.75, 3.05) is 33.4 Å². The topological polar surface area (TPSA) is 137 Å². The fourth-order valence-corrected chi connectivity index (χ4v) is 7.32. The number of hydrogen-bond donors (Lipinski definition) is 3. The third-order valence-electron chi connectivity index (χ3n) is 9.83. The van der Waals surface area contributed by atoms with Crippen molar-refractivity contribution in [1.29, 1.82) is 5.26 Å². The van der Waals surface area contributed by atoms with Gasteiger partial charge in [-0.15, -0.1) is 0 Å². The van der Waals surface area contributed by atoms with Crippen molar-refractivity contribution in [2.24, 2.45) is 5.92 Å². The van der Waals surface area contributed by atoms with Crippen LogP contribution in [-0.2, 0) is 24.4 Å². The number of rotatable bonds is 14. The predicted octanol–water partition coefficient (Wildman–Crippen LogP) is 7.22. The first kappa shape index (κ1) is 37.4. The largest absolute Gasteiger partial charge is 0.492 e. The molecule has 3 N–H and O–H groups in total. The van der Waals surface area contributed by atoms with Crippen LogP contribution in [0.2, 0.25) is 10.0 Å². The van der Waals surface area contributed by atoms with E-state index in [2.05, 4.69) is 40.5 Å². The average molecular weight is 746 g/mol. The SMILES string of the molecule is CN1CCC[C@H](COc2cccc(-c3cccc4c3CC[C@H]4Oc3cc(OCc4cncc(C#N)c4)c(CNC(C)(CO)C(=O)O)cc3Cl)c2Cl)C1. The fourth-order valence-electron chi connectivity index (χ4n) is 6.81. The number of likely N-dealkylation sites (tertiary alicyclic amines) is 1. The number of piperidine rings is 1. The lowest BCUT2D eigenvalue weighted by molar-refractivity contribution is -0.145. The first-order valence-corrected chi connectivity index (χ1v) is 18.1. The van der Waals surface area contributed by atoms with E-state index in [-0.39, 0.29) is 19.3 Å². The summed E-state index contributed by atoms with van der Waals surface area (Å²) >= 11 is 13.8. The molecule has 10 nitrogen and oxygen atoms in total. The number of aliphatic carboxylic acids is 1. The van der Waals surface area contributed by atoms with Gasteiger partial charge in [-0.3, -0.25) is 15.1 Å². The van der Waals surface area contributed by atoms with Crippen molar-refractivity contribution in [3.05, 3.63) is 105 Å². The zero-order valence-electron chi connectivity index (χ0n) is 29.2. The third kappa shape index (κ3) is 8.46. The van der Waals surface area contributed by atoms with E-state index in [0.29, 0.717) is 62.9 Å². The van der Waals surface area contributed by atoms with Crippen LogP contribution in [0, 0.1) is 17.2 Å². The van der Waals surface area contributed by atoms with Crippen LogP contribution >= 0.6 is 23.2 Å². The van der Waals surface area contributed by atoms with Crippen molar-refractivity contribution in [1.82, 2.24) is 15.2 Å². The molecule has 272 valence electrons. The van der Waals surface area contributed by atoms with Gasteiger partial charge in [-0.2, -0.15) is 5.26 Å². The second kappa shape index (κ2) is 16.5. The minimum atomic E-state index is -1.59.